The van der Waals surface area contributed by atoms with Gasteiger partial charge in [-0.15, -0.1) is 0 Å². The van der Waals surface area contributed by atoms with E-state index < -0.39 is 9.84 Å². The molecule has 0 aliphatic rings. The Morgan fingerprint density at radius 3 is 2.00 bits per heavy atom. The van der Waals surface area contributed by atoms with Gasteiger partial charge in [0.2, 0.25) is 9.84 Å². The maximum Gasteiger partial charge on any atom is 0.245 e. The predicted molar refractivity (Wildman–Crippen MR) is 74.1 cm³/mol. The number of sulfone groups is 1. The summed E-state index contributed by atoms with van der Waals surface area (Å²) < 4.78 is 25.6. The van der Waals surface area contributed by atoms with Crippen molar-refractivity contribution in [3.05, 3.63) is 29.8 Å². The van der Waals surface area contributed by atoms with Gasteiger partial charge in [0, 0.05) is 27.8 Å². The Kier molecular flexibility index (Phi) is 4.02. The molecule has 0 heterocycles. The molecule has 0 atom stereocenters. The van der Waals surface area contributed by atoms with Crippen LogP contribution in [-0.2, 0) is 15.3 Å². The molecule has 0 amide bonds. The first-order chi connectivity index (χ1) is 7.27. The minimum absolute atomic E-state index is 0.0250. The van der Waals surface area contributed by atoms with E-state index in [0.29, 0.717) is 0 Å². The topological polar surface area (TPSA) is 34.1 Å². The Labute approximate surface area is 111 Å². The zero-order valence-electron chi connectivity index (χ0n) is 9.41. The molecule has 86 valence electrons. The van der Waals surface area contributed by atoms with Crippen LogP contribution in [0.3, 0.4) is 0 Å². The standard InChI is InChI=1S/C12H13IO2S/c1-12(2,3)10-4-6-11(7-5-10)16(14,15)9-8-13/h4-7H,1-3H3. The van der Waals surface area contributed by atoms with Crippen molar-refractivity contribution in [3.8, 4) is 9.18 Å². The molecule has 0 aliphatic heterocycles. The average molecular weight is 348 g/mol. The van der Waals surface area contributed by atoms with Crippen LogP contribution in [0.1, 0.15) is 26.3 Å². The molecule has 0 radical (unpaired) electrons. The Morgan fingerprint density at radius 1 is 1.12 bits per heavy atom. The summed E-state index contributed by atoms with van der Waals surface area (Å²) in [5.74, 6) is 0. The van der Waals surface area contributed by atoms with Crippen molar-refractivity contribution in [2.75, 3.05) is 0 Å². The fourth-order valence-electron chi connectivity index (χ4n) is 1.24. The van der Waals surface area contributed by atoms with E-state index in [4.69, 9.17) is 0 Å². The van der Waals surface area contributed by atoms with Gasteiger partial charge < -0.3 is 0 Å². The summed E-state index contributed by atoms with van der Waals surface area (Å²) in [6.45, 7) is 6.25. The second kappa shape index (κ2) is 4.76. The lowest BCUT2D eigenvalue weighted by Gasteiger charge is -2.18. The lowest BCUT2D eigenvalue weighted by molar-refractivity contribution is 0.588. The zero-order chi connectivity index (χ0) is 12.4. The first-order valence-corrected chi connectivity index (χ1v) is 7.31. The lowest BCUT2D eigenvalue weighted by Crippen LogP contribution is -2.11. The molecule has 0 aliphatic carbocycles. The van der Waals surface area contributed by atoms with Crippen molar-refractivity contribution in [2.45, 2.75) is 31.1 Å². The first kappa shape index (κ1) is 13.5. The van der Waals surface area contributed by atoms with Crippen LogP contribution in [0, 0.1) is 9.18 Å². The highest BCUT2D eigenvalue weighted by molar-refractivity contribution is 14.1. The summed E-state index contributed by atoms with van der Waals surface area (Å²) in [5.41, 5.74) is 1.13. The summed E-state index contributed by atoms with van der Waals surface area (Å²) in [7, 11) is -3.44. The highest BCUT2D eigenvalue weighted by Crippen LogP contribution is 2.23. The van der Waals surface area contributed by atoms with Crippen molar-refractivity contribution in [2.24, 2.45) is 0 Å². The van der Waals surface area contributed by atoms with E-state index in [1.165, 1.54) is 0 Å². The molecule has 2 nitrogen and oxygen atoms in total. The van der Waals surface area contributed by atoms with Gasteiger partial charge in [-0.05, 0) is 27.0 Å². The summed E-state index contributed by atoms with van der Waals surface area (Å²) in [4.78, 5) is 0.254. The molecular weight excluding hydrogens is 335 g/mol. The van der Waals surface area contributed by atoms with Crippen LogP contribution in [0.25, 0.3) is 0 Å². The van der Waals surface area contributed by atoms with E-state index in [9.17, 15) is 8.42 Å². The molecule has 16 heavy (non-hydrogen) atoms. The minimum atomic E-state index is -3.44. The molecule has 0 fully saturated rings. The molecular formula is C12H13IO2S. The van der Waals surface area contributed by atoms with Crippen LogP contribution in [0.2, 0.25) is 0 Å². The largest absolute Gasteiger partial charge is 0.245 e. The Morgan fingerprint density at radius 2 is 1.62 bits per heavy atom. The predicted octanol–water partition coefficient (Wildman–Crippen LogP) is 3.11. The Balaban J connectivity index is 3.18. The molecule has 0 bridgehead atoms. The van der Waals surface area contributed by atoms with Gasteiger partial charge >= 0.3 is 0 Å². The van der Waals surface area contributed by atoms with E-state index in [2.05, 4.69) is 30.0 Å². The molecule has 4 heteroatoms. The first-order valence-electron chi connectivity index (χ1n) is 4.75. The molecule has 0 saturated carbocycles. The van der Waals surface area contributed by atoms with E-state index in [1.54, 1.807) is 34.7 Å². The second-order valence-corrected chi connectivity index (χ2v) is 6.70. The molecule has 0 N–H and O–H groups in total. The number of benzene rings is 1. The van der Waals surface area contributed by atoms with Crippen LogP contribution in [0.5, 0.6) is 0 Å². The Hall–Kier alpha value is -0.540. The monoisotopic (exact) mass is 348 g/mol. The van der Waals surface area contributed by atoms with Crippen LogP contribution < -0.4 is 0 Å². The third-order valence-electron chi connectivity index (χ3n) is 2.20. The van der Waals surface area contributed by atoms with Gasteiger partial charge in [0.15, 0.2) is 0 Å². The highest BCUT2D eigenvalue weighted by atomic mass is 127. The fourth-order valence-corrected chi connectivity index (χ4v) is 2.83. The molecule has 0 unspecified atom stereocenters. The molecule has 0 aromatic heterocycles. The van der Waals surface area contributed by atoms with Crippen LogP contribution >= 0.6 is 22.6 Å². The summed E-state index contributed by atoms with van der Waals surface area (Å²) in [6.07, 6.45) is 0. The van der Waals surface area contributed by atoms with Crippen LogP contribution in [-0.4, -0.2) is 8.42 Å². The fraction of sp³-hybridized carbons (Fsp3) is 0.333. The van der Waals surface area contributed by atoms with Crippen LogP contribution in [0.4, 0.5) is 0 Å². The molecule has 0 saturated heterocycles. The molecule has 0 spiro atoms. The van der Waals surface area contributed by atoms with E-state index in [-0.39, 0.29) is 10.3 Å². The molecule has 1 aromatic rings. The van der Waals surface area contributed by atoms with Crippen molar-refractivity contribution in [1.82, 2.24) is 0 Å². The van der Waals surface area contributed by atoms with Gasteiger partial charge in [-0.25, -0.2) is 8.42 Å². The number of rotatable bonds is 1. The summed E-state index contributed by atoms with van der Waals surface area (Å²) in [6, 6.07) is 6.89. The van der Waals surface area contributed by atoms with Gasteiger partial charge in [-0.1, -0.05) is 32.9 Å². The van der Waals surface area contributed by atoms with Crippen molar-refractivity contribution >= 4 is 32.4 Å². The van der Waals surface area contributed by atoms with Crippen LogP contribution in [0.15, 0.2) is 29.2 Å². The van der Waals surface area contributed by atoms with Gasteiger partial charge in [0.05, 0.1) is 4.90 Å². The van der Waals surface area contributed by atoms with Gasteiger partial charge in [-0.2, -0.15) is 0 Å². The minimum Gasteiger partial charge on any atom is -0.210 e. The van der Waals surface area contributed by atoms with Crippen molar-refractivity contribution < 1.29 is 8.42 Å². The smallest absolute Gasteiger partial charge is 0.210 e. The van der Waals surface area contributed by atoms with E-state index in [0.717, 1.165) is 5.56 Å². The van der Waals surface area contributed by atoms with Crippen molar-refractivity contribution in [1.29, 1.82) is 0 Å². The SMILES string of the molecule is CC(C)(C)c1ccc(S(=O)(=O)C#CI)cc1. The third kappa shape index (κ3) is 3.22. The van der Waals surface area contributed by atoms with Gasteiger partial charge in [0.1, 0.15) is 0 Å². The third-order valence-corrected chi connectivity index (χ3v) is 4.10. The summed E-state index contributed by atoms with van der Waals surface area (Å²) >= 11 is 1.72. The highest BCUT2D eigenvalue weighted by Gasteiger charge is 2.15. The van der Waals surface area contributed by atoms with E-state index >= 15 is 0 Å². The maximum absolute atomic E-state index is 11.6. The second-order valence-electron chi connectivity index (χ2n) is 4.47. The zero-order valence-corrected chi connectivity index (χ0v) is 12.4. The molecule has 1 rings (SSSR count). The van der Waals surface area contributed by atoms with Crippen molar-refractivity contribution in [3.63, 3.8) is 0 Å². The average Bonchev–Trinajstić information content (AvgIpc) is 2.16. The van der Waals surface area contributed by atoms with E-state index in [1.807, 2.05) is 12.1 Å². The van der Waals surface area contributed by atoms with Gasteiger partial charge in [-0.3, -0.25) is 0 Å². The number of halogens is 1. The van der Waals surface area contributed by atoms with Gasteiger partial charge in [0.25, 0.3) is 0 Å². The Bertz CT molecular complexity index is 525. The lowest BCUT2D eigenvalue weighted by atomic mass is 9.87. The number of hydrogen-bond acceptors (Lipinski definition) is 2. The summed E-state index contributed by atoms with van der Waals surface area (Å²) in [5, 5.41) is 2.21. The quantitative estimate of drug-likeness (QED) is 0.577. The normalized spacial score (nSPS) is 11.8. The molecule has 1 aromatic carbocycles. The maximum atomic E-state index is 11.6. The number of hydrogen-bond donors (Lipinski definition) is 0.